The Morgan fingerprint density at radius 3 is 2.27 bits per heavy atom. The van der Waals surface area contributed by atoms with E-state index in [4.69, 9.17) is 9.53 Å². The van der Waals surface area contributed by atoms with E-state index in [2.05, 4.69) is 30.4 Å². The van der Waals surface area contributed by atoms with Gasteiger partial charge >= 0.3 is 6.03 Å². The molecule has 11 heavy (non-hydrogen) atoms. The van der Waals surface area contributed by atoms with Crippen LogP contribution in [0.5, 0.6) is 0 Å². The largest absolute Gasteiger partial charge is 0.447 e. The fourth-order valence-electron chi connectivity index (χ4n) is 0.225. The van der Waals surface area contributed by atoms with Crippen LogP contribution in [0.2, 0.25) is 0 Å². The van der Waals surface area contributed by atoms with E-state index >= 15 is 0 Å². The Kier molecular flexibility index (Phi) is 12.8. The molecule has 0 heterocycles. The Labute approximate surface area is 66.9 Å². The van der Waals surface area contributed by atoms with Crippen molar-refractivity contribution in [2.75, 3.05) is 6.61 Å². The Morgan fingerprint density at radius 1 is 1.55 bits per heavy atom. The van der Waals surface area contributed by atoms with Crippen molar-refractivity contribution in [3.63, 3.8) is 0 Å². The lowest BCUT2D eigenvalue weighted by Gasteiger charge is -1.87. The first-order valence-electron chi connectivity index (χ1n) is 3.23. The highest BCUT2D eigenvalue weighted by Crippen LogP contribution is 1.74. The molecule has 0 rings (SSSR count). The zero-order valence-electron chi connectivity index (χ0n) is 6.89. The summed E-state index contributed by atoms with van der Waals surface area (Å²) in [6, 6.07) is -0.833. The molecule has 0 bridgehead atoms. The first-order valence-corrected chi connectivity index (χ1v) is 3.23. The molecule has 0 unspecified atom stereocenters. The minimum absolute atomic E-state index is 0.751. The van der Waals surface area contributed by atoms with Gasteiger partial charge in [0.15, 0.2) is 0 Å². The molecular weight excluding hydrogens is 144 g/mol. The number of ether oxygens (including phenoxy) is 1. The normalized spacial score (nSPS) is 6.36. The SMILES string of the molecule is CC#COCCC.NC(N)=O. The first kappa shape index (κ1) is 12.3. The van der Waals surface area contributed by atoms with Gasteiger partial charge in [-0.1, -0.05) is 12.8 Å². The highest BCUT2D eigenvalue weighted by atomic mass is 16.5. The highest BCUT2D eigenvalue weighted by Gasteiger charge is 1.70. The minimum Gasteiger partial charge on any atom is -0.447 e. The van der Waals surface area contributed by atoms with Crippen molar-refractivity contribution in [2.45, 2.75) is 20.3 Å². The number of amides is 2. The summed E-state index contributed by atoms with van der Waals surface area (Å²) in [6.07, 6.45) is 3.54. The maximum atomic E-state index is 9.00. The van der Waals surface area contributed by atoms with Crippen molar-refractivity contribution in [1.82, 2.24) is 0 Å². The number of rotatable bonds is 2. The summed E-state index contributed by atoms with van der Waals surface area (Å²) < 4.78 is 4.77. The summed E-state index contributed by atoms with van der Waals surface area (Å²) >= 11 is 0. The third-order valence-electron chi connectivity index (χ3n) is 0.480. The van der Waals surface area contributed by atoms with Crippen LogP contribution in [0.1, 0.15) is 20.3 Å². The zero-order chi connectivity index (χ0) is 9.11. The van der Waals surface area contributed by atoms with Gasteiger partial charge in [0.2, 0.25) is 0 Å². The van der Waals surface area contributed by atoms with Crippen molar-refractivity contribution >= 4 is 6.03 Å². The first-order chi connectivity index (χ1) is 5.15. The van der Waals surface area contributed by atoms with E-state index in [0.717, 1.165) is 13.0 Å². The standard InChI is InChI=1S/C6H10O.CH4N2O/c1-3-5-7-6-4-2;2-1(3)4/h3,5H2,1-2H3;(H4,2,3,4). The van der Waals surface area contributed by atoms with Crippen LogP contribution in [0.15, 0.2) is 0 Å². The molecule has 0 aromatic carbocycles. The van der Waals surface area contributed by atoms with Crippen molar-refractivity contribution in [3.8, 4) is 12.0 Å². The predicted molar refractivity (Wildman–Crippen MR) is 43.5 cm³/mol. The lowest BCUT2D eigenvalue weighted by molar-refractivity contribution is 0.256. The van der Waals surface area contributed by atoms with Crippen LogP contribution in [-0.2, 0) is 4.74 Å². The molecule has 0 radical (unpaired) electrons. The van der Waals surface area contributed by atoms with E-state index in [1.165, 1.54) is 0 Å². The lowest BCUT2D eigenvalue weighted by Crippen LogP contribution is -2.18. The van der Waals surface area contributed by atoms with Crippen LogP contribution >= 0.6 is 0 Å². The van der Waals surface area contributed by atoms with Gasteiger partial charge in [-0.15, -0.1) is 0 Å². The van der Waals surface area contributed by atoms with Gasteiger partial charge in [-0.05, 0) is 6.42 Å². The Balaban J connectivity index is 0. The minimum atomic E-state index is -0.833. The van der Waals surface area contributed by atoms with Gasteiger partial charge in [0.05, 0.1) is 6.61 Å². The van der Waals surface area contributed by atoms with E-state index < -0.39 is 6.03 Å². The van der Waals surface area contributed by atoms with Crippen LogP contribution < -0.4 is 11.5 Å². The summed E-state index contributed by atoms with van der Waals surface area (Å²) in [5.41, 5.74) is 8.50. The van der Waals surface area contributed by atoms with Crippen LogP contribution in [0.3, 0.4) is 0 Å². The number of carbonyl (C=O) groups is 1. The molecule has 0 fully saturated rings. The van der Waals surface area contributed by atoms with Gasteiger partial charge in [-0.25, -0.2) is 4.79 Å². The zero-order valence-corrected chi connectivity index (χ0v) is 6.89. The molecule has 0 aliphatic carbocycles. The molecule has 2 amide bonds. The van der Waals surface area contributed by atoms with Crippen molar-refractivity contribution in [3.05, 3.63) is 0 Å². The summed E-state index contributed by atoms with van der Waals surface area (Å²) in [7, 11) is 0. The smallest absolute Gasteiger partial charge is 0.309 e. The van der Waals surface area contributed by atoms with Crippen molar-refractivity contribution in [2.24, 2.45) is 11.5 Å². The van der Waals surface area contributed by atoms with Crippen LogP contribution in [0.25, 0.3) is 0 Å². The Hall–Kier alpha value is -1.37. The van der Waals surface area contributed by atoms with E-state index in [0.29, 0.717) is 0 Å². The predicted octanol–water partition coefficient (Wildman–Crippen LogP) is 0.418. The fourth-order valence-corrected chi connectivity index (χ4v) is 0.225. The number of primary amides is 2. The van der Waals surface area contributed by atoms with Crippen molar-refractivity contribution in [1.29, 1.82) is 0 Å². The Bertz CT molecular complexity index is 142. The molecule has 4 heteroatoms. The molecule has 0 atom stereocenters. The number of hydrogen-bond donors (Lipinski definition) is 2. The van der Waals surface area contributed by atoms with E-state index in [1.54, 1.807) is 6.92 Å². The van der Waals surface area contributed by atoms with E-state index in [-0.39, 0.29) is 0 Å². The van der Waals surface area contributed by atoms with Gasteiger partial charge in [-0.3, -0.25) is 0 Å². The summed E-state index contributed by atoms with van der Waals surface area (Å²) in [5, 5.41) is 0. The van der Waals surface area contributed by atoms with Gasteiger partial charge in [0, 0.05) is 6.92 Å². The molecule has 0 saturated carbocycles. The van der Waals surface area contributed by atoms with Gasteiger partial charge in [-0.2, -0.15) is 0 Å². The van der Waals surface area contributed by atoms with Crippen LogP contribution in [0.4, 0.5) is 4.79 Å². The molecule has 64 valence electrons. The molecule has 4 N–H and O–H groups in total. The number of urea groups is 1. The second-order valence-corrected chi connectivity index (χ2v) is 1.60. The lowest BCUT2D eigenvalue weighted by atomic mass is 10.5. The summed E-state index contributed by atoms with van der Waals surface area (Å²) in [5.74, 6) is 2.63. The molecular formula is C7H14N2O2. The van der Waals surface area contributed by atoms with Gasteiger partial charge in [0.1, 0.15) is 6.11 Å². The molecule has 0 aliphatic rings. The topological polar surface area (TPSA) is 78.3 Å². The third kappa shape index (κ3) is 54.8. The van der Waals surface area contributed by atoms with E-state index in [1.807, 2.05) is 0 Å². The average molecular weight is 158 g/mol. The summed E-state index contributed by atoms with van der Waals surface area (Å²) in [6.45, 7) is 4.56. The fraction of sp³-hybridized carbons (Fsp3) is 0.571. The number of nitrogens with two attached hydrogens (primary N) is 2. The second kappa shape index (κ2) is 11.4. The maximum absolute atomic E-state index is 9.00. The second-order valence-electron chi connectivity index (χ2n) is 1.60. The Morgan fingerprint density at radius 2 is 2.00 bits per heavy atom. The maximum Gasteiger partial charge on any atom is 0.309 e. The highest BCUT2D eigenvalue weighted by molar-refractivity contribution is 5.69. The van der Waals surface area contributed by atoms with Gasteiger partial charge in [0.25, 0.3) is 0 Å². The molecule has 0 saturated heterocycles. The molecule has 0 spiro atoms. The van der Waals surface area contributed by atoms with Crippen LogP contribution in [-0.4, -0.2) is 12.6 Å². The number of hydrogen-bond acceptors (Lipinski definition) is 2. The average Bonchev–Trinajstić information content (AvgIpc) is 1.88. The molecule has 0 aliphatic heterocycles. The van der Waals surface area contributed by atoms with Crippen LogP contribution in [0, 0.1) is 12.0 Å². The van der Waals surface area contributed by atoms with Crippen molar-refractivity contribution < 1.29 is 9.53 Å². The molecule has 4 nitrogen and oxygen atoms in total. The molecule has 0 aromatic rings. The van der Waals surface area contributed by atoms with E-state index in [9.17, 15) is 0 Å². The monoisotopic (exact) mass is 158 g/mol. The number of carbonyl (C=O) groups excluding carboxylic acids is 1. The third-order valence-corrected chi connectivity index (χ3v) is 0.480. The quantitative estimate of drug-likeness (QED) is 0.451. The van der Waals surface area contributed by atoms with Gasteiger partial charge < -0.3 is 16.2 Å². The summed E-state index contributed by atoms with van der Waals surface area (Å²) in [4.78, 5) is 9.00. The molecule has 0 aromatic heterocycles.